The minimum absolute atomic E-state index is 0.0109. The van der Waals surface area contributed by atoms with Crippen molar-refractivity contribution in [1.82, 2.24) is 0 Å². The normalized spacial score (nSPS) is 36.3. The molecule has 0 bridgehead atoms. The van der Waals surface area contributed by atoms with Crippen LogP contribution in [-0.4, -0.2) is 185 Å². The molecule has 0 aliphatic carbocycles. The van der Waals surface area contributed by atoms with Gasteiger partial charge in [0.1, 0.15) is 89.6 Å². The fourth-order valence-electron chi connectivity index (χ4n) is 6.51. The van der Waals surface area contributed by atoms with Crippen molar-refractivity contribution in [3.05, 3.63) is 40.6 Å². The largest absolute Gasteiger partial charge is 0.507 e. The van der Waals surface area contributed by atoms with Crippen LogP contribution in [0.15, 0.2) is 39.5 Å². The van der Waals surface area contributed by atoms with Gasteiger partial charge in [0.25, 0.3) is 0 Å². The Bertz CT molecular complexity index is 1880. The highest BCUT2D eigenvalue weighted by Crippen LogP contribution is 2.40. The van der Waals surface area contributed by atoms with Crippen LogP contribution >= 0.6 is 0 Å². The summed E-state index contributed by atoms with van der Waals surface area (Å²) in [4.78, 5) is 13.6. The third kappa shape index (κ3) is 7.70. The molecule has 310 valence electrons. The lowest BCUT2D eigenvalue weighted by atomic mass is 9.97. The SMILES string of the molecule is COc1c(-c2ccc(OC3OC(CO)C(O)C(O)C3O)c(O)c2)oc2cc(OC3OC(CO)C(O)C(O)C3OC3OC(CO)C(O)C(O)C3O)cc(O)c2c1=O. The fourth-order valence-corrected chi connectivity index (χ4v) is 6.51. The van der Waals surface area contributed by atoms with E-state index in [4.69, 9.17) is 37.6 Å². The molecule has 15 atom stereocenters. The summed E-state index contributed by atoms with van der Waals surface area (Å²) < 4.78 is 44.6. The number of phenolic OH excluding ortho intramolecular Hbond substituents is 2. The predicted molar refractivity (Wildman–Crippen MR) is 179 cm³/mol. The highest BCUT2D eigenvalue weighted by Gasteiger charge is 2.51. The highest BCUT2D eigenvalue weighted by atomic mass is 16.8. The molecular formula is C34H42O22. The zero-order valence-electron chi connectivity index (χ0n) is 29.2. The number of rotatable bonds is 11. The van der Waals surface area contributed by atoms with Crippen LogP contribution in [0, 0.1) is 0 Å². The summed E-state index contributed by atoms with van der Waals surface area (Å²) in [6.07, 6.45) is -25.7. The summed E-state index contributed by atoms with van der Waals surface area (Å²) in [6.45, 7) is -2.36. The first kappa shape index (κ1) is 41.7. The Morgan fingerprint density at radius 1 is 0.625 bits per heavy atom. The van der Waals surface area contributed by atoms with Gasteiger partial charge in [0.05, 0.1) is 26.9 Å². The summed E-state index contributed by atoms with van der Waals surface area (Å²) in [5, 5.41) is 133. The number of aliphatic hydroxyl groups is 11. The van der Waals surface area contributed by atoms with Gasteiger partial charge in [-0.1, -0.05) is 0 Å². The molecule has 56 heavy (non-hydrogen) atoms. The molecule has 0 radical (unpaired) electrons. The van der Waals surface area contributed by atoms with Crippen molar-refractivity contribution in [2.75, 3.05) is 26.9 Å². The van der Waals surface area contributed by atoms with Crippen molar-refractivity contribution in [1.29, 1.82) is 0 Å². The second kappa shape index (κ2) is 16.9. The Kier molecular flexibility index (Phi) is 12.6. The molecule has 1 aromatic heterocycles. The van der Waals surface area contributed by atoms with Crippen molar-refractivity contribution < 1.29 is 104 Å². The van der Waals surface area contributed by atoms with E-state index in [-0.39, 0.29) is 28.4 Å². The molecule has 3 fully saturated rings. The van der Waals surface area contributed by atoms with E-state index in [1.807, 2.05) is 0 Å². The number of ether oxygens (including phenoxy) is 7. The van der Waals surface area contributed by atoms with Crippen LogP contribution in [0.3, 0.4) is 0 Å². The van der Waals surface area contributed by atoms with Gasteiger partial charge in [-0.3, -0.25) is 4.79 Å². The molecule has 2 aromatic carbocycles. The highest BCUT2D eigenvalue weighted by molar-refractivity contribution is 5.88. The summed E-state index contributed by atoms with van der Waals surface area (Å²) in [7, 11) is 1.14. The monoisotopic (exact) mass is 802 g/mol. The van der Waals surface area contributed by atoms with Gasteiger partial charge in [0.2, 0.25) is 23.8 Å². The van der Waals surface area contributed by atoms with Crippen LogP contribution in [0.1, 0.15) is 0 Å². The van der Waals surface area contributed by atoms with Gasteiger partial charge in [-0.2, -0.15) is 0 Å². The number of fused-ring (bicyclic) bond motifs is 1. The second-order valence-corrected chi connectivity index (χ2v) is 13.2. The first-order chi connectivity index (χ1) is 26.6. The topological polar surface area (TPSA) is 358 Å². The maximum atomic E-state index is 13.6. The standard InChI is InChI=1S/C34H42O22/c1-49-30-23(43)19-13(39)5-11(50-34-31(26(46)22(42)18(9-37)55-34)56-33-28(48)25(45)21(41)17(8-36)54-33)6-15(19)51-29(30)10-2-3-14(12(38)4-10)52-32-27(47)24(44)20(40)16(7-35)53-32/h2-6,16-18,20-22,24-28,31-42,44-48H,7-9H2,1H3. The van der Waals surface area contributed by atoms with Crippen molar-refractivity contribution in [2.24, 2.45) is 0 Å². The van der Waals surface area contributed by atoms with Crippen LogP contribution in [0.5, 0.6) is 28.7 Å². The van der Waals surface area contributed by atoms with Crippen molar-refractivity contribution in [3.63, 3.8) is 0 Å². The molecule has 0 amide bonds. The molecule has 6 rings (SSSR count). The summed E-state index contributed by atoms with van der Waals surface area (Å²) in [6, 6.07) is 5.61. The third-order valence-corrected chi connectivity index (χ3v) is 9.64. The van der Waals surface area contributed by atoms with Gasteiger partial charge >= 0.3 is 0 Å². The van der Waals surface area contributed by atoms with Gasteiger partial charge in [-0.15, -0.1) is 0 Å². The third-order valence-electron chi connectivity index (χ3n) is 9.64. The van der Waals surface area contributed by atoms with Gasteiger partial charge < -0.3 is 104 Å². The average Bonchev–Trinajstić information content (AvgIpc) is 3.18. The molecule has 3 aromatic rings. The van der Waals surface area contributed by atoms with E-state index in [9.17, 15) is 71.2 Å². The Morgan fingerprint density at radius 3 is 1.75 bits per heavy atom. The van der Waals surface area contributed by atoms with Gasteiger partial charge in [-0.05, 0) is 18.2 Å². The van der Waals surface area contributed by atoms with E-state index >= 15 is 0 Å². The number of phenols is 2. The zero-order valence-corrected chi connectivity index (χ0v) is 29.2. The Labute approximate surface area is 314 Å². The van der Waals surface area contributed by atoms with E-state index in [1.54, 1.807) is 0 Å². The van der Waals surface area contributed by atoms with Crippen LogP contribution in [-0.2, 0) is 18.9 Å². The first-order valence-corrected chi connectivity index (χ1v) is 17.1. The van der Waals surface area contributed by atoms with Crippen LogP contribution in [0.4, 0.5) is 0 Å². The fraction of sp³-hybridized carbons (Fsp3) is 0.559. The molecule has 3 aliphatic heterocycles. The Morgan fingerprint density at radius 2 is 1.18 bits per heavy atom. The lowest BCUT2D eigenvalue weighted by molar-refractivity contribution is -0.357. The molecule has 13 N–H and O–H groups in total. The molecular weight excluding hydrogens is 760 g/mol. The number of hydrogen-bond donors (Lipinski definition) is 13. The number of aliphatic hydroxyl groups excluding tert-OH is 11. The van der Waals surface area contributed by atoms with Gasteiger partial charge in [0.15, 0.2) is 29.7 Å². The van der Waals surface area contributed by atoms with Crippen LogP contribution in [0.25, 0.3) is 22.3 Å². The zero-order chi connectivity index (χ0) is 40.7. The van der Waals surface area contributed by atoms with Crippen molar-refractivity contribution >= 4 is 11.0 Å². The Balaban J connectivity index is 1.31. The van der Waals surface area contributed by atoms with Crippen molar-refractivity contribution in [3.8, 4) is 40.1 Å². The minimum Gasteiger partial charge on any atom is -0.507 e. The second-order valence-electron chi connectivity index (χ2n) is 13.2. The summed E-state index contributed by atoms with van der Waals surface area (Å²) in [5.41, 5.74) is -1.20. The molecule has 0 saturated carbocycles. The quantitative estimate of drug-likeness (QED) is 0.0863. The van der Waals surface area contributed by atoms with Gasteiger partial charge in [0, 0.05) is 17.7 Å². The molecule has 3 aliphatic rings. The van der Waals surface area contributed by atoms with E-state index in [1.165, 1.54) is 12.1 Å². The Hall–Kier alpha value is -3.95. The summed E-state index contributed by atoms with van der Waals surface area (Å²) >= 11 is 0. The number of benzene rings is 2. The maximum Gasteiger partial charge on any atom is 0.239 e. The molecule has 4 heterocycles. The van der Waals surface area contributed by atoms with Gasteiger partial charge in [-0.25, -0.2) is 0 Å². The number of methoxy groups -OCH3 is 1. The first-order valence-electron chi connectivity index (χ1n) is 17.1. The van der Waals surface area contributed by atoms with E-state index in [0.717, 1.165) is 25.3 Å². The minimum atomic E-state index is -1.94. The van der Waals surface area contributed by atoms with Crippen molar-refractivity contribution in [2.45, 2.75) is 92.1 Å². The molecule has 0 spiro atoms. The molecule has 22 heteroatoms. The average molecular weight is 803 g/mol. The lowest BCUT2D eigenvalue weighted by Crippen LogP contribution is -2.65. The maximum absolute atomic E-state index is 13.6. The molecule has 15 unspecified atom stereocenters. The lowest BCUT2D eigenvalue weighted by Gasteiger charge is -2.45. The van der Waals surface area contributed by atoms with E-state index in [0.29, 0.717) is 0 Å². The summed E-state index contributed by atoms with van der Waals surface area (Å²) in [5.74, 6) is -2.61. The van der Waals surface area contributed by atoms with E-state index < -0.39 is 140 Å². The van der Waals surface area contributed by atoms with E-state index in [2.05, 4.69) is 0 Å². The predicted octanol–water partition coefficient (Wildman–Crippen LogP) is -4.94. The molecule has 3 saturated heterocycles. The number of hydrogen-bond acceptors (Lipinski definition) is 22. The van der Waals surface area contributed by atoms with Crippen LogP contribution in [0.2, 0.25) is 0 Å². The number of aromatic hydroxyl groups is 2. The molecule has 22 nitrogen and oxygen atoms in total. The van der Waals surface area contributed by atoms with Crippen LogP contribution < -0.4 is 19.6 Å². The smallest absolute Gasteiger partial charge is 0.239 e.